The Balaban J connectivity index is 2.28. The average Bonchev–Trinajstić information content (AvgIpc) is 2.35. The van der Waals surface area contributed by atoms with Gasteiger partial charge in [-0.25, -0.2) is 0 Å². The molecule has 0 amide bonds. The number of rotatable bonds is 8. The number of nitrogens with one attached hydrogen (secondary N) is 1. The van der Waals surface area contributed by atoms with Crippen LogP contribution in [0.3, 0.4) is 0 Å². The Morgan fingerprint density at radius 1 is 1.22 bits per heavy atom. The molecule has 0 radical (unpaired) electrons. The quantitative estimate of drug-likeness (QED) is 0.678. The van der Waals surface area contributed by atoms with Crippen molar-refractivity contribution in [2.45, 2.75) is 71.1 Å². The highest BCUT2D eigenvalue weighted by Gasteiger charge is 2.29. The zero-order valence-electron chi connectivity index (χ0n) is 12.6. The molecule has 1 aliphatic rings. The molecule has 108 valence electrons. The van der Waals surface area contributed by atoms with Gasteiger partial charge in [-0.05, 0) is 46.1 Å². The van der Waals surface area contributed by atoms with Gasteiger partial charge in [0.25, 0.3) is 0 Å². The number of ether oxygens (including phenoxy) is 2. The van der Waals surface area contributed by atoms with Gasteiger partial charge in [0.05, 0.1) is 25.4 Å². The average molecular weight is 257 g/mol. The zero-order valence-corrected chi connectivity index (χ0v) is 12.6. The molecular formula is C15H31NO2. The Morgan fingerprint density at radius 3 is 2.61 bits per heavy atom. The normalized spacial score (nSPS) is 28.8. The first-order chi connectivity index (χ1) is 8.67. The number of likely N-dealkylation sites (N-methyl/N-ethyl adjacent to an activating group) is 1. The Labute approximate surface area is 113 Å². The van der Waals surface area contributed by atoms with E-state index in [0.717, 1.165) is 12.5 Å². The minimum absolute atomic E-state index is 0.299. The summed E-state index contributed by atoms with van der Waals surface area (Å²) in [5.74, 6) is 0.857. The Kier molecular flexibility index (Phi) is 7.87. The maximum atomic E-state index is 6.03. The molecule has 1 fully saturated rings. The van der Waals surface area contributed by atoms with Crippen LogP contribution in [0.1, 0.15) is 52.9 Å². The van der Waals surface area contributed by atoms with E-state index < -0.39 is 0 Å². The van der Waals surface area contributed by atoms with E-state index in [1.807, 2.05) is 7.05 Å². The Morgan fingerprint density at radius 2 is 2.00 bits per heavy atom. The largest absolute Gasteiger partial charge is 0.376 e. The molecular weight excluding hydrogens is 226 g/mol. The van der Waals surface area contributed by atoms with Gasteiger partial charge in [-0.3, -0.25) is 0 Å². The molecule has 1 saturated carbocycles. The van der Waals surface area contributed by atoms with Crippen molar-refractivity contribution in [2.75, 3.05) is 20.3 Å². The molecule has 1 rings (SSSR count). The summed E-state index contributed by atoms with van der Waals surface area (Å²) in [6.07, 6.45) is 7.11. The first-order valence-corrected chi connectivity index (χ1v) is 7.57. The molecule has 0 aromatic rings. The van der Waals surface area contributed by atoms with Crippen LogP contribution >= 0.6 is 0 Å². The summed E-state index contributed by atoms with van der Waals surface area (Å²) < 4.78 is 11.6. The lowest BCUT2D eigenvalue weighted by atomic mass is 9.81. The van der Waals surface area contributed by atoms with Gasteiger partial charge in [0.15, 0.2) is 0 Å². The fourth-order valence-corrected chi connectivity index (χ4v) is 2.88. The van der Waals surface area contributed by atoms with Gasteiger partial charge in [-0.2, -0.15) is 0 Å². The molecule has 0 bridgehead atoms. The van der Waals surface area contributed by atoms with Crippen molar-refractivity contribution >= 4 is 0 Å². The van der Waals surface area contributed by atoms with Gasteiger partial charge in [-0.15, -0.1) is 0 Å². The van der Waals surface area contributed by atoms with Crippen molar-refractivity contribution in [3.8, 4) is 0 Å². The van der Waals surface area contributed by atoms with E-state index in [9.17, 15) is 0 Å². The minimum Gasteiger partial charge on any atom is -0.376 e. The van der Waals surface area contributed by atoms with Crippen molar-refractivity contribution in [2.24, 2.45) is 5.92 Å². The minimum atomic E-state index is 0.299. The highest BCUT2D eigenvalue weighted by Crippen LogP contribution is 2.29. The maximum Gasteiger partial charge on any atom is 0.0731 e. The molecule has 18 heavy (non-hydrogen) atoms. The van der Waals surface area contributed by atoms with Gasteiger partial charge < -0.3 is 14.8 Å². The molecule has 3 atom stereocenters. The highest BCUT2D eigenvalue weighted by atomic mass is 16.5. The van der Waals surface area contributed by atoms with Crippen LogP contribution in [0.5, 0.6) is 0 Å². The summed E-state index contributed by atoms with van der Waals surface area (Å²) >= 11 is 0. The van der Waals surface area contributed by atoms with Crippen LogP contribution in [0.15, 0.2) is 0 Å². The second kappa shape index (κ2) is 8.89. The lowest BCUT2D eigenvalue weighted by Gasteiger charge is -2.36. The van der Waals surface area contributed by atoms with Gasteiger partial charge in [0.1, 0.15) is 0 Å². The summed E-state index contributed by atoms with van der Waals surface area (Å²) in [6.45, 7) is 7.84. The van der Waals surface area contributed by atoms with Crippen molar-refractivity contribution in [3.05, 3.63) is 0 Å². The lowest BCUT2D eigenvalue weighted by molar-refractivity contribution is -0.0449. The third kappa shape index (κ3) is 5.68. The molecule has 3 heteroatoms. The molecule has 0 heterocycles. The van der Waals surface area contributed by atoms with Crippen molar-refractivity contribution in [1.82, 2.24) is 5.32 Å². The van der Waals surface area contributed by atoms with Crippen LogP contribution in [0.2, 0.25) is 0 Å². The lowest BCUT2D eigenvalue weighted by Crippen LogP contribution is -2.44. The fraction of sp³-hybridized carbons (Fsp3) is 1.00. The fourth-order valence-electron chi connectivity index (χ4n) is 2.88. The van der Waals surface area contributed by atoms with Crippen molar-refractivity contribution in [3.63, 3.8) is 0 Å². The molecule has 0 aromatic heterocycles. The van der Waals surface area contributed by atoms with Crippen LogP contribution in [0.25, 0.3) is 0 Å². The monoisotopic (exact) mass is 257 g/mol. The van der Waals surface area contributed by atoms with Gasteiger partial charge in [0, 0.05) is 6.04 Å². The standard InChI is InChI=1S/C15H31NO2/c1-5-6-13-7-8-14(16-4)15(11-13)18-10-9-17-12(2)3/h12-16H,5-11H2,1-4H3. The van der Waals surface area contributed by atoms with Crippen LogP contribution in [0.4, 0.5) is 0 Å². The summed E-state index contributed by atoms with van der Waals surface area (Å²) in [7, 11) is 2.05. The molecule has 1 aliphatic carbocycles. The summed E-state index contributed by atoms with van der Waals surface area (Å²) in [4.78, 5) is 0. The van der Waals surface area contributed by atoms with E-state index in [1.165, 1.54) is 32.1 Å². The Bertz CT molecular complexity index is 209. The third-order valence-electron chi connectivity index (χ3n) is 3.83. The SMILES string of the molecule is CCCC1CCC(NC)C(OCCOC(C)C)C1. The predicted molar refractivity (Wildman–Crippen MR) is 75.9 cm³/mol. The van der Waals surface area contributed by atoms with E-state index in [1.54, 1.807) is 0 Å². The second-order valence-electron chi connectivity index (χ2n) is 5.69. The van der Waals surface area contributed by atoms with Crippen molar-refractivity contribution in [1.29, 1.82) is 0 Å². The summed E-state index contributed by atoms with van der Waals surface area (Å²) in [5, 5.41) is 3.40. The van der Waals surface area contributed by atoms with Crippen LogP contribution in [-0.2, 0) is 9.47 Å². The van der Waals surface area contributed by atoms with Crippen LogP contribution in [-0.4, -0.2) is 38.5 Å². The predicted octanol–water partition coefficient (Wildman–Crippen LogP) is 2.98. The smallest absolute Gasteiger partial charge is 0.0731 e. The number of hydrogen-bond acceptors (Lipinski definition) is 3. The molecule has 3 unspecified atom stereocenters. The summed E-state index contributed by atoms with van der Waals surface area (Å²) in [6, 6.07) is 0.525. The maximum absolute atomic E-state index is 6.03. The molecule has 0 aromatic carbocycles. The van der Waals surface area contributed by atoms with Gasteiger partial charge in [0.2, 0.25) is 0 Å². The molecule has 3 nitrogen and oxygen atoms in total. The highest BCUT2D eigenvalue weighted by molar-refractivity contribution is 4.84. The van der Waals surface area contributed by atoms with Crippen LogP contribution < -0.4 is 5.32 Å². The molecule has 1 N–H and O–H groups in total. The van der Waals surface area contributed by atoms with E-state index in [4.69, 9.17) is 9.47 Å². The topological polar surface area (TPSA) is 30.5 Å². The third-order valence-corrected chi connectivity index (χ3v) is 3.83. The molecule has 0 spiro atoms. The van der Waals surface area contributed by atoms with E-state index in [-0.39, 0.29) is 0 Å². The Hall–Kier alpha value is -0.120. The van der Waals surface area contributed by atoms with Gasteiger partial charge in [-0.1, -0.05) is 19.8 Å². The van der Waals surface area contributed by atoms with Crippen molar-refractivity contribution < 1.29 is 9.47 Å². The first-order valence-electron chi connectivity index (χ1n) is 7.57. The molecule has 0 saturated heterocycles. The first kappa shape index (κ1) is 15.9. The van der Waals surface area contributed by atoms with E-state index in [0.29, 0.717) is 24.9 Å². The van der Waals surface area contributed by atoms with E-state index in [2.05, 4.69) is 26.1 Å². The molecule has 0 aliphatic heterocycles. The number of hydrogen-bond donors (Lipinski definition) is 1. The zero-order chi connectivity index (χ0) is 13.4. The second-order valence-corrected chi connectivity index (χ2v) is 5.69. The van der Waals surface area contributed by atoms with Gasteiger partial charge >= 0.3 is 0 Å². The summed E-state index contributed by atoms with van der Waals surface area (Å²) in [5.41, 5.74) is 0. The van der Waals surface area contributed by atoms with Crippen LogP contribution in [0, 0.1) is 5.92 Å². The van der Waals surface area contributed by atoms with E-state index >= 15 is 0 Å².